The first kappa shape index (κ1) is 21.8. The molecule has 33 heavy (non-hydrogen) atoms. The van der Waals surface area contributed by atoms with Gasteiger partial charge in [-0.1, -0.05) is 30.2 Å². The maximum Gasteiger partial charge on any atom is 0.161 e. The third kappa shape index (κ3) is 3.55. The van der Waals surface area contributed by atoms with Crippen molar-refractivity contribution in [3.8, 4) is 12.1 Å². The molecular weight excluding hydrogens is 452 g/mol. The molecule has 1 atom stereocenters. The fourth-order valence-corrected chi connectivity index (χ4v) is 6.81. The van der Waals surface area contributed by atoms with Crippen LogP contribution in [0.3, 0.4) is 0 Å². The highest BCUT2D eigenvalue weighted by Crippen LogP contribution is 2.50. The first-order valence-electron chi connectivity index (χ1n) is 11.3. The van der Waals surface area contributed by atoms with Crippen LogP contribution in [0.25, 0.3) is 0 Å². The van der Waals surface area contributed by atoms with E-state index >= 15 is 0 Å². The molecule has 2 aromatic rings. The van der Waals surface area contributed by atoms with E-state index in [1.165, 1.54) is 11.3 Å². The number of benzene rings is 1. The number of fused-ring (bicyclic) bond motifs is 1. The van der Waals surface area contributed by atoms with E-state index in [-0.39, 0.29) is 5.78 Å². The van der Waals surface area contributed by atoms with Gasteiger partial charge in [-0.3, -0.25) is 9.69 Å². The Morgan fingerprint density at radius 2 is 1.76 bits per heavy atom. The number of hydrogen-bond acceptors (Lipinski definition) is 6. The molecule has 2 N–H and O–H groups in total. The Morgan fingerprint density at radius 3 is 2.48 bits per heavy atom. The van der Waals surface area contributed by atoms with E-state index < -0.39 is 5.92 Å². The van der Waals surface area contributed by atoms with Crippen LogP contribution in [0.2, 0.25) is 5.02 Å². The number of carbonyl (C=O) groups excluding carboxylic acids is 1. The predicted molar refractivity (Wildman–Crippen MR) is 130 cm³/mol. The first-order chi connectivity index (χ1) is 16.0. The Hall–Kier alpha value is -3.06. The lowest BCUT2D eigenvalue weighted by Crippen LogP contribution is -2.38. The third-order valence-electron chi connectivity index (χ3n) is 6.83. The zero-order valence-electron chi connectivity index (χ0n) is 18.2. The van der Waals surface area contributed by atoms with Crippen LogP contribution in [0.5, 0.6) is 0 Å². The first-order valence-corrected chi connectivity index (χ1v) is 12.5. The quantitative estimate of drug-likeness (QED) is 0.551. The van der Waals surface area contributed by atoms with Gasteiger partial charge in [0.25, 0.3) is 0 Å². The Kier molecular flexibility index (Phi) is 5.74. The fraction of sp³-hybridized carbons (Fsp3) is 0.346. The molecule has 0 radical (unpaired) electrons. The van der Waals surface area contributed by atoms with E-state index in [1.807, 2.05) is 17.0 Å². The summed E-state index contributed by atoms with van der Waals surface area (Å²) in [6.07, 6.45) is 7.03. The maximum atomic E-state index is 13.3. The molecular formula is C26H23ClN4OS. The van der Waals surface area contributed by atoms with Gasteiger partial charge >= 0.3 is 0 Å². The lowest BCUT2D eigenvalue weighted by molar-refractivity contribution is -0.116. The van der Waals surface area contributed by atoms with Crippen molar-refractivity contribution in [3.05, 3.63) is 73.5 Å². The molecule has 5 nitrogen and oxygen atoms in total. The standard InChI is InChI=1S/C26H23ClN4OS/c27-16-11-9-15(10-12-16)23-19(14-29)25(30)31(20-6-4-7-21(32)24(20)23)26-18(13-28)17-5-2-1-3-8-22(17)33-26/h9-12,23H,1-8,30H2/t23-/m0/s1. The predicted octanol–water partition coefficient (Wildman–Crippen LogP) is 5.85. The summed E-state index contributed by atoms with van der Waals surface area (Å²) in [7, 11) is 0. The van der Waals surface area contributed by atoms with Gasteiger partial charge in [0, 0.05) is 27.6 Å². The summed E-state index contributed by atoms with van der Waals surface area (Å²) >= 11 is 7.69. The molecule has 3 aliphatic rings. The Balaban J connectivity index is 1.74. The van der Waals surface area contributed by atoms with E-state index in [0.29, 0.717) is 40.4 Å². The lowest BCUT2D eigenvalue weighted by atomic mass is 9.75. The molecule has 0 saturated carbocycles. The molecule has 0 spiro atoms. The number of aryl methyl sites for hydroxylation is 1. The molecule has 5 rings (SSSR count). The molecule has 2 heterocycles. The summed E-state index contributed by atoms with van der Waals surface area (Å²) in [6, 6.07) is 12.0. The van der Waals surface area contributed by atoms with Crippen molar-refractivity contribution >= 4 is 33.7 Å². The molecule has 7 heteroatoms. The highest BCUT2D eigenvalue weighted by Gasteiger charge is 2.41. The summed E-state index contributed by atoms with van der Waals surface area (Å²) in [4.78, 5) is 16.4. The van der Waals surface area contributed by atoms with Crippen molar-refractivity contribution in [2.45, 2.75) is 57.3 Å². The second-order valence-corrected chi connectivity index (χ2v) is 10.2. The maximum absolute atomic E-state index is 13.3. The molecule has 166 valence electrons. The Bertz CT molecular complexity index is 1290. The molecule has 0 fully saturated rings. The van der Waals surface area contributed by atoms with Crippen LogP contribution in [-0.4, -0.2) is 5.78 Å². The van der Waals surface area contributed by atoms with Crippen LogP contribution in [0.1, 0.15) is 66.0 Å². The van der Waals surface area contributed by atoms with Crippen LogP contribution in [0, 0.1) is 22.7 Å². The van der Waals surface area contributed by atoms with Crippen LogP contribution in [0.4, 0.5) is 5.00 Å². The van der Waals surface area contributed by atoms with Gasteiger partial charge in [-0.25, -0.2) is 0 Å². The monoisotopic (exact) mass is 474 g/mol. The van der Waals surface area contributed by atoms with E-state index in [9.17, 15) is 15.3 Å². The highest BCUT2D eigenvalue weighted by atomic mass is 35.5. The Labute approximate surface area is 202 Å². The van der Waals surface area contributed by atoms with E-state index in [0.717, 1.165) is 53.9 Å². The topological polar surface area (TPSA) is 93.9 Å². The van der Waals surface area contributed by atoms with Gasteiger partial charge in [0.15, 0.2) is 5.78 Å². The lowest BCUT2D eigenvalue weighted by Gasteiger charge is -2.39. The summed E-state index contributed by atoms with van der Waals surface area (Å²) in [6.45, 7) is 0. The minimum absolute atomic E-state index is 0.0399. The average molecular weight is 475 g/mol. The molecule has 0 amide bonds. The molecule has 0 bridgehead atoms. The van der Waals surface area contributed by atoms with Crippen LogP contribution in [0.15, 0.2) is 46.9 Å². The number of thiophene rings is 1. The van der Waals surface area contributed by atoms with Crippen molar-refractivity contribution in [2.75, 3.05) is 4.90 Å². The van der Waals surface area contributed by atoms with E-state index in [2.05, 4.69) is 12.1 Å². The SMILES string of the molecule is N#CC1=C(N)N(c2sc3c(c2C#N)CCCCC3)C2=C(C(=O)CCC2)[C@H]1c1ccc(Cl)cc1. The number of nitriles is 2. The van der Waals surface area contributed by atoms with Gasteiger partial charge in [0.05, 0.1) is 23.1 Å². The van der Waals surface area contributed by atoms with Crippen LogP contribution < -0.4 is 10.6 Å². The second kappa shape index (κ2) is 8.71. The van der Waals surface area contributed by atoms with Gasteiger partial charge in [-0.15, -0.1) is 11.3 Å². The smallest absolute Gasteiger partial charge is 0.161 e. The zero-order chi connectivity index (χ0) is 23.1. The van der Waals surface area contributed by atoms with Crippen LogP contribution in [-0.2, 0) is 17.6 Å². The number of allylic oxidation sites excluding steroid dienone is 3. The number of Topliss-reactive ketones (excluding diaryl/α,β-unsaturated/α-hetero) is 1. The normalized spacial score (nSPS) is 20.6. The summed E-state index contributed by atoms with van der Waals surface area (Å²) in [5.41, 5.74) is 11.1. The Morgan fingerprint density at radius 1 is 1.00 bits per heavy atom. The molecule has 1 aliphatic heterocycles. The van der Waals surface area contributed by atoms with Crippen molar-refractivity contribution in [1.29, 1.82) is 10.5 Å². The summed E-state index contributed by atoms with van der Waals surface area (Å²) in [5, 5.41) is 21.6. The number of carbonyl (C=O) groups is 1. The van der Waals surface area contributed by atoms with E-state index in [4.69, 9.17) is 17.3 Å². The minimum Gasteiger partial charge on any atom is -0.384 e. The van der Waals surface area contributed by atoms with Gasteiger partial charge in [-0.2, -0.15) is 10.5 Å². The number of anilines is 1. The van der Waals surface area contributed by atoms with Gasteiger partial charge in [-0.05, 0) is 61.8 Å². The van der Waals surface area contributed by atoms with Crippen molar-refractivity contribution in [3.63, 3.8) is 0 Å². The number of halogens is 1. The zero-order valence-corrected chi connectivity index (χ0v) is 19.7. The number of hydrogen-bond donors (Lipinski definition) is 1. The summed E-state index contributed by atoms with van der Waals surface area (Å²) < 4.78 is 0. The third-order valence-corrected chi connectivity index (χ3v) is 8.36. The van der Waals surface area contributed by atoms with Crippen molar-refractivity contribution in [1.82, 2.24) is 0 Å². The molecule has 0 saturated heterocycles. The van der Waals surface area contributed by atoms with Crippen molar-refractivity contribution < 1.29 is 4.79 Å². The number of rotatable bonds is 2. The average Bonchev–Trinajstić information content (AvgIpc) is 2.99. The van der Waals surface area contributed by atoms with Gasteiger partial charge < -0.3 is 5.73 Å². The van der Waals surface area contributed by atoms with E-state index in [1.54, 1.807) is 23.5 Å². The second-order valence-electron chi connectivity index (χ2n) is 8.72. The van der Waals surface area contributed by atoms with Gasteiger partial charge in [0.2, 0.25) is 0 Å². The summed E-state index contributed by atoms with van der Waals surface area (Å²) in [5.74, 6) is -0.161. The van der Waals surface area contributed by atoms with Crippen molar-refractivity contribution in [2.24, 2.45) is 5.73 Å². The molecule has 1 aromatic heterocycles. The number of nitrogens with zero attached hydrogens (tertiary/aromatic N) is 3. The number of ketones is 1. The molecule has 2 aliphatic carbocycles. The molecule has 0 unspecified atom stereocenters. The molecule has 1 aromatic carbocycles. The fourth-order valence-electron chi connectivity index (χ4n) is 5.31. The van der Waals surface area contributed by atoms with Crippen LogP contribution >= 0.6 is 22.9 Å². The highest BCUT2D eigenvalue weighted by molar-refractivity contribution is 7.16. The minimum atomic E-state index is -0.519. The number of nitrogens with two attached hydrogens (primary N) is 1. The largest absolute Gasteiger partial charge is 0.384 e. The van der Waals surface area contributed by atoms with Gasteiger partial charge in [0.1, 0.15) is 16.9 Å².